The van der Waals surface area contributed by atoms with Crippen molar-refractivity contribution in [3.63, 3.8) is 0 Å². The van der Waals surface area contributed by atoms with Gasteiger partial charge in [-0.3, -0.25) is 4.79 Å². The Morgan fingerprint density at radius 2 is 1.88 bits per heavy atom. The van der Waals surface area contributed by atoms with Crippen LogP contribution in [0.5, 0.6) is 0 Å². The van der Waals surface area contributed by atoms with Crippen molar-refractivity contribution in [1.82, 2.24) is 4.90 Å². The minimum atomic E-state index is -0.445. The van der Waals surface area contributed by atoms with Gasteiger partial charge in [-0.15, -0.1) is 0 Å². The van der Waals surface area contributed by atoms with Gasteiger partial charge in [0.2, 0.25) is 5.91 Å². The van der Waals surface area contributed by atoms with E-state index in [0.29, 0.717) is 43.4 Å². The standard InChI is InChI=1S/C13H19NO3/c15-12(11-9-2-1-3-10(9)11)14-5-4-13(8-14)16-6-7-17-13/h9-11H,1-8H2. The van der Waals surface area contributed by atoms with E-state index >= 15 is 0 Å². The third-order valence-corrected chi connectivity index (χ3v) is 5.01. The van der Waals surface area contributed by atoms with Crippen molar-refractivity contribution in [3.05, 3.63) is 0 Å². The van der Waals surface area contributed by atoms with Gasteiger partial charge in [0.15, 0.2) is 5.79 Å². The third-order valence-electron chi connectivity index (χ3n) is 5.01. The Hall–Kier alpha value is -0.610. The molecule has 0 N–H and O–H groups in total. The summed E-state index contributed by atoms with van der Waals surface area (Å²) in [5, 5.41) is 0. The van der Waals surface area contributed by atoms with Gasteiger partial charge in [0.1, 0.15) is 0 Å². The van der Waals surface area contributed by atoms with Gasteiger partial charge in [-0.05, 0) is 24.7 Å². The van der Waals surface area contributed by atoms with E-state index in [0.717, 1.165) is 13.0 Å². The second-order valence-corrected chi connectivity index (χ2v) is 5.90. The van der Waals surface area contributed by atoms with Crippen LogP contribution in [-0.4, -0.2) is 42.9 Å². The maximum atomic E-state index is 12.4. The number of rotatable bonds is 1. The predicted molar refractivity (Wildman–Crippen MR) is 60.2 cm³/mol. The van der Waals surface area contributed by atoms with Crippen LogP contribution in [0.2, 0.25) is 0 Å². The molecule has 0 aromatic carbocycles. The summed E-state index contributed by atoms with van der Waals surface area (Å²) in [7, 11) is 0. The zero-order chi connectivity index (χ0) is 11.5. The molecule has 0 radical (unpaired) electrons. The number of nitrogens with zero attached hydrogens (tertiary/aromatic N) is 1. The van der Waals surface area contributed by atoms with Crippen LogP contribution in [0.4, 0.5) is 0 Å². The molecule has 0 aromatic heterocycles. The summed E-state index contributed by atoms with van der Waals surface area (Å²) < 4.78 is 11.3. The molecule has 2 aliphatic carbocycles. The first-order valence-corrected chi connectivity index (χ1v) is 6.86. The Balaban J connectivity index is 1.42. The lowest BCUT2D eigenvalue weighted by Gasteiger charge is -2.22. The molecule has 1 amide bonds. The SMILES string of the molecule is O=C(C1C2CCCC21)N1CCC2(C1)OCCO2. The fraction of sp³-hybridized carbons (Fsp3) is 0.923. The molecule has 0 aromatic rings. The van der Waals surface area contributed by atoms with Crippen LogP contribution in [0.1, 0.15) is 25.7 Å². The number of carbonyl (C=O) groups excluding carboxylic acids is 1. The largest absolute Gasteiger partial charge is 0.346 e. The van der Waals surface area contributed by atoms with Crippen LogP contribution in [0.3, 0.4) is 0 Å². The summed E-state index contributed by atoms with van der Waals surface area (Å²) in [6.45, 7) is 2.82. The van der Waals surface area contributed by atoms with E-state index in [1.165, 1.54) is 19.3 Å². The molecule has 2 heterocycles. The molecule has 17 heavy (non-hydrogen) atoms. The lowest BCUT2D eigenvalue weighted by molar-refractivity contribution is -0.153. The molecule has 1 spiro atoms. The van der Waals surface area contributed by atoms with Crippen LogP contribution in [0.25, 0.3) is 0 Å². The minimum Gasteiger partial charge on any atom is -0.346 e. The third kappa shape index (κ3) is 1.47. The Bertz CT molecular complexity index is 341. The average Bonchev–Trinajstić information content (AvgIpc) is 2.85. The van der Waals surface area contributed by atoms with E-state index in [2.05, 4.69) is 0 Å². The predicted octanol–water partition coefficient (Wildman–Crippen LogP) is 1.01. The Morgan fingerprint density at radius 1 is 1.18 bits per heavy atom. The van der Waals surface area contributed by atoms with Crippen molar-refractivity contribution in [2.24, 2.45) is 17.8 Å². The molecule has 4 aliphatic rings. The molecular weight excluding hydrogens is 218 g/mol. The molecule has 0 bridgehead atoms. The van der Waals surface area contributed by atoms with Gasteiger partial charge in [-0.25, -0.2) is 0 Å². The lowest BCUT2D eigenvalue weighted by atomic mass is 10.1. The molecule has 4 heteroatoms. The smallest absolute Gasteiger partial charge is 0.226 e. The Kier molecular flexibility index (Phi) is 2.10. The normalized spacial score (nSPS) is 42.1. The monoisotopic (exact) mass is 237 g/mol. The highest BCUT2D eigenvalue weighted by Crippen LogP contribution is 2.58. The number of likely N-dealkylation sites (tertiary alicyclic amines) is 1. The molecular formula is C13H19NO3. The van der Waals surface area contributed by atoms with E-state index in [1.54, 1.807) is 0 Å². The van der Waals surface area contributed by atoms with E-state index in [1.807, 2.05) is 4.90 Å². The van der Waals surface area contributed by atoms with Crippen molar-refractivity contribution in [3.8, 4) is 0 Å². The highest BCUT2D eigenvalue weighted by Gasteiger charge is 2.59. The van der Waals surface area contributed by atoms with Crippen LogP contribution in [0.15, 0.2) is 0 Å². The van der Waals surface area contributed by atoms with Crippen molar-refractivity contribution in [2.75, 3.05) is 26.3 Å². The van der Waals surface area contributed by atoms with Crippen molar-refractivity contribution >= 4 is 5.91 Å². The number of hydrogen-bond acceptors (Lipinski definition) is 3. The quantitative estimate of drug-likeness (QED) is 0.683. The highest BCUT2D eigenvalue weighted by atomic mass is 16.7. The topological polar surface area (TPSA) is 38.8 Å². The highest BCUT2D eigenvalue weighted by molar-refractivity contribution is 5.83. The summed E-state index contributed by atoms with van der Waals surface area (Å²) in [6, 6.07) is 0. The van der Waals surface area contributed by atoms with E-state index in [9.17, 15) is 4.79 Å². The van der Waals surface area contributed by atoms with Crippen LogP contribution < -0.4 is 0 Å². The average molecular weight is 237 g/mol. The molecule has 4 fully saturated rings. The van der Waals surface area contributed by atoms with Crippen molar-refractivity contribution in [2.45, 2.75) is 31.5 Å². The number of ether oxygens (including phenoxy) is 2. The summed E-state index contributed by atoms with van der Waals surface area (Å²) in [5.74, 6) is 1.70. The molecule has 4 nitrogen and oxygen atoms in total. The molecule has 2 aliphatic heterocycles. The van der Waals surface area contributed by atoms with Gasteiger partial charge < -0.3 is 14.4 Å². The molecule has 2 unspecified atom stereocenters. The van der Waals surface area contributed by atoms with Crippen molar-refractivity contribution in [1.29, 1.82) is 0 Å². The maximum Gasteiger partial charge on any atom is 0.226 e. The van der Waals surface area contributed by atoms with Crippen LogP contribution >= 0.6 is 0 Å². The summed E-state index contributed by atoms with van der Waals surface area (Å²) in [4.78, 5) is 14.4. The van der Waals surface area contributed by atoms with E-state index in [-0.39, 0.29) is 0 Å². The second-order valence-electron chi connectivity index (χ2n) is 5.90. The van der Waals surface area contributed by atoms with Crippen molar-refractivity contribution < 1.29 is 14.3 Å². The number of fused-ring (bicyclic) bond motifs is 1. The van der Waals surface area contributed by atoms with Gasteiger partial charge in [0, 0.05) is 18.9 Å². The fourth-order valence-corrected chi connectivity index (χ4v) is 4.07. The number of amides is 1. The number of hydrogen-bond donors (Lipinski definition) is 0. The lowest BCUT2D eigenvalue weighted by Crippen LogP contribution is -2.38. The summed E-state index contributed by atoms with van der Waals surface area (Å²) >= 11 is 0. The first-order chi connectivity index (χ1) is 8.29. The van der Waals surface area contributed by atoms with Crippen LogP contribution in [-0.2, 0) is 14.3 Å². The fourth-order valence-electron chi connectivity index (χ4n) is 4.07. The zero-order valence-electron chi connectivity index (χ0n) is 10.1. The molecule has 4 rings (SSSR count). The van der Waals surface area contributed by atoms with E-state index in [4.69, 9.17) is 9.47 Å². The first kappa shape index (κ1) is 10.3. The zero-order valence-corrected chi connectivity index (χ0v) is 10.1. The van der Waals surface area contributed by atoms with Gasteiger partial charge in [-0.2, -0.15) is 0 Å². The summed E-state index contributed by atoms with van der Waals surface area (Å²) in [6.07, 6.45) is 4.72. The second kappa shape index (κ2) is 3.45. The maximum absolute atomic E-state index is 12.4. The van der Waals surface area contributed by atoms with Gasteiger partial charge in [-0.1, -0.05) is 6.42 Å². The Morgan fingerprint density at radius 3 is 2.59 bits per heavy atom. The van der Waals surface area contributed by atoms with Gasteiger partial charge in [0.25, 0.3) is 0 Å². The Labute approximate surface area is 101 Å². The molecule has 2 atom stereocenters. The minimum absolute atomic E-state index is 0.348. The number of carbonyl (C=O) groups is 1. The molecule has 2 saturated heterocycles. The molecule has 94 valence electrons. The van der Waals surface area contributed by atoms with Crippen LogP contribution in [0, 0.1) is 17.8 Å². The summed E-state index contributed by atoms with van der Waals surface area (Å²) in [5.41, 5.74) is 0. The van der Waals surface area contributed by atoms with Gasteiger partial charge >= 0.3 is 0 Å². The first-order valence-electron chi connectivity index (χ1n) is 6.86. The molecule has 2 saturated carbocycles. The van der Waals surface area contributed by atoms with Gasteiger partial charge in [0.05, 0.1) is 19.8 Å². The van der Waals surface area contributed by atoms with E-state index < -0.39 is 5.79 Å².